The van der Waals surface area contributed by atoms with Crippen LogP contribution in [0.25, 0.3) is 11.2 Å². The molecule has 0 radical (unpaired) electrons. The number of fused-ring (bicyclic) bond motifs is 3. The van der Waals surface area contributed by atoms with E-state index in [1.165, 1.54) is 9.13 Å². The first-order valence-corrected chi connectivity index (χ1v) is 11.1. The van der Waals surface area contributed by atoms with E-state index < -0.39 is 5.69 Å². The predicted octanol–water partition coefficient (Wildman–Crippen LogP) is 3.66. The summed E-state index contributed by atoms with van der Waals surface area (Å²) in [6, 6.07) is 14.9. The molecule has 164 valence electrons. The van der Waals surface area contributed by atoms with E-state index in [2.05, 4.69) is 4.90 Å². The van der Waals surface area contributed by atoms with Gasteiger partial charge in [-0.3, -0.25) is 13.9 Å². The Labute approximate surface area is 194 Å². The molecule has 4 aromatic rings. The van der Waals surface area contributed by atoms with Crippen LogP contribution in [0.15, 0.2) is 58.1 Å². The zero-order chi connectivity index (χ0) is 22.4. The molecule has 32 heavy (non-hydrogen) atoms. The second kappa shape index (κ2) is 8.15. The van der Waals surface area contributed by atoms with E-state index in [0.29, 0.717) is 45.8 Å². The van der Waals surface area contributed by atoms with Gasteiger partial charge in [-0.1, -0.05) is 59.6 Å². The van der Waals surface area contributed by atoms with Crippen LogP contribution in [0.3, 0.4) is 0 Å². The second-order valence-electron chi connectivity index (χ2n) is 7.93. The van der Waals surface area contributed by atoms with Crippen molar-refractivity contribution in [2.24, 2.45) is 7.05 Å². The largest absolute Gasteiger partial charge is 0.338 e. The average molecular weight is 470 g/mol. The zero-order valence-corrected chi connectivity index (χ0v) is 19.0. The Morgan fingerprint density at radius 1 is 0.906 bits per heavy atom. The molecule has 2 aromatic carbocycles. The zero-order valence-electron chi connectivity index (χ0n) is 17.5. The molecule has 1 aliphatic heterocycles. The molecule has 0 saturated carbocycles. The Hall–Kier alpha value is -3.03. The van der Waals surface area contributed by atoms with Crippen LogP contribution in [-0.2, 0) is 26.7 Å². The average Bonchev–Trinajstić information content (AvgIpc) is 3.19. The predicted molar refractivity (Wildman–Crippen MR) is 127 cm³/mol. The highest BCUT2D eigenvalue weighted by atomic mass is 35.5. The molecule has 1 aliphatic rings. The summed E-state index contributed by atoms with van der Waals surface area (Å²) in [5, 5.41) is 1.21. The van der Waals surface area contributed by atoms with Gasteiger partial charge >= 0.3 is 5.69 Å². The standard InChI is InChI=1S/C23H21Cl2N5O2/c1-27-20-19(21(31)30(23(27)32)14-16-8-3-5-10-18(16)25)29-12-6-11-28(22(29)26-20)13-15-7-2-4-9-17(15)24/h2-5,7-10H,6,11-14H2,1H3. The fourth-order valence-corrected chi connectivity index (χ4v) is 4.64. The van der Waals surface area contributed by atoms with E-state index >= 15 is 0 Å². The van der Waals surface area contributed by atoms with Gasteiger partial charge in [0.15, 0.2) is 11.2 Å². The molecule has 0 atom stereocenters. The van der Waals surface area contributed by atoms with Crippen LogP contribution in [0, 0.1) is 0 Å². The minimum atomic E-state index is -0.421. The molecule has 9 heteroatoms. The molecular weight excluding hydrogens is 449 g/mol. The molecule has 2 aromatic heterocycles. The molecule has 0 N–H and O–H groups in total. The third kappa shape index (κ3) is 3.42. The Morgan fingerprint density at radius 3 is 2.19 bits per heavy atom. The monoisotopic (exact) mass is 469 g/mol. The van der Waals surface area contributed by atoms with Crippen molar-refractivity contribution in [2.45, 2.75) is 26.1 Å². The van der Waals surface area contributed by atoms with Crippen molar-refractivity contribution in [3.8, 4) is 0 Å². The third-order valence-corrected chi connectivity index (χ3v) is 6.65. The normalized spacial score (nSPS) is 13.5. The SMILES string of the molecule is Cn1c(=O)n(Cc2ccccc2Cl)c(=O)c2c1nc1n2CCCN1Cc1ccccc1Cl. The van der Waals surface area contributed by atoms with Crippen LogP contribution >= 0.6 is 23.2 Å². The number of aromatic nitrogens is 4. The fourth-order valence-electron chi connectivity index (χ4n) is 4.25. The van der Waals surface area contributed by atoms with Crippen molar-refractivity contribution in [2.75, 3.05) is 11.4 Å². The molecule has 0 aliphatic carbocycles. The highest BCUT2D eigenvalue weighted by molar-refractivity contribution is 6.31. The minimum absolute atomic E-state index is 0.102. The molecule has 0 unspecified atom stereocenters. The topological polar surface area (TPSA) is 65.1 Å². The van der Waals surface area contributed by atoms with Gasteiger partial charge in [0.25, 0.3) is 5.56 Å². The van der Waals surface area contributed by atoms with Gasteiger partial charge in [0, 0.05) is 36.7 Å². The molecule has 7 nitrogen and oxygen atoms in total. The first-order chi connectivity index (χ1) is 15.5. The summed E-state index contributed by atoms with van der Waals surface area (Å²) in [6.45, 7) is 2.12. The van der Waals surface area contributed by atoms with Crippen molar-refractivity contribution in [1.29, 1.82) is 0 Å². The van der Waals surface area contributed by atoms with E-state index in [1.54, 1.807) is 13.1 Å². The van der Waals surface area contributed by atoms with Crippen LogP contribution in [0.4, 0.5) is 5.95 Å². The van der Waals surface area contributed by atoms with E-state index in [4.69, 9.17) is 28.2 Å². The highest BCUT2D eigenvalue weighted by Gasteiger charge is 2.26. The van der Waals surface area contributed by atoms with E-state index in [9.17, 15) is 9.59 Å². The summed E-state index contributed by atoms with van der Waals surface area (Å²) in [5.74, 6) is 0.675. The molecular formula is C23H21Cl2N5O2. The number of nitrogens with zero attached hydrogens (tertiary/aromatic N) is 5. The number of aryl methyl sites for hydroxylation is 2. The van der Waals surface area contributed by atoms with Gasteiger partial charge in [0.05, 0.1) is 6.54 Å². The van der Waals surface area contributed by atoms with Gasteiger partial charge in [-0.15, -0.1) is 0 Å². The lowest BCUT2D eigenvalue weighted by atomic mass is 10.2. The number of benzene rings is 2. The number of imidazole rings is 1. The Balaban J connectivity index is 1.64. The summed E-state index contributed by atoms with van der Waals surface area (Å²) in [6.07, 6.45) is 0.857. The lowest BCUT2D eigenvalue weighted by Gasteiger charge is -2.29. The summed E-state index contributed by atoms with van der Waals surface area (Å²) in [7, 11) is 1.64. The molecule has 0 saturated heterocycles. The third-order valence-electron chi connectivity index (χ3n) is 5.91. The van der Waals surface area contributed by atoms with Crippen molar-refractivity contribution in [3.05, 3.63) is 90.5 Å². The fraction of sp³-hybridized carbons (Fsp3) is 0.261. The van der Waals surface area contributed by atoms with Gasteiger partial charge in [-0.05, 0) is 29.7 Å². The maximum absolute atomic E-state index is 13.5. The second-order valence-corrected chi connectivity index (χ2v) is 8.74. The van der Waals surface area contributed by atoms with E-state index in [1.807, 2.05) is 47.0 Å². The molecule has 3 heterocycles. The Kier molecular flexibility index (Phi) is 5.31. The molecule has 0 amide bonds. The van der Waals surface area contributed by atoms with Crippen LogP contribution in [0.1, 0.15) is 17.5 Å². The van der Waals surface area contributed by atoms with Crippen molar-refractivity contribution < 1.29 is 0 Å². The molecule has 5 rings (SSSR count). The minimum Gasteiger partial charge on any atom is -0.338 e. The summed E-state index contributed by atoms with van der Waals surface area (Å²) in [5.41, 5.74) is 1.73. The van der Waals surface area contributed by atoms with Crippen LogP contribution in [-0.4, -0.2) is 25.2 Å². The Morgan fingerprint density at radius 2 is 1.53 bits per heavy atom. The van der Waals surface area contributed by atoms with E-state index in [0.717, 1.165) is 18.5 Å². The lowest BCUT2D eigenvalue weighted by molar-refractivity contribution is 0.561. The van der Waals surface area contributed by atoms with Crippen LogP contribution in [0.2, 0.25) is 10.0 Å². The smallest absolute Gasteiger partial charge is 0.332 e. The van der Waals surface area contributed by atoms with Gasteiger partial charge in [0.2, 0.25) is 5.95 Å². The number of rotatable bonds is 4. The summed E-state index contributed by atoms with van der Waals surface area (Å²) in [4.78, 5) is 33.3. The van der Waals surface area contributed by atoms with E-state index in [-0.39, 0.29) is 12.1 Å². The maximum Gasteiger partial charge on any atom is 0.332 e. The van der Waals surface area contributed by atoms with Crippen LogP contribution < -0.4 is 16.1 Å². The van der Waals surface area contributed by atoms with Gasteiger partial charge in [0.1, 0.15) is 0 Å². The molecule has 0 spiro atoms. The highest BCUT2D eigenvalue weighted by Crippen LogP contribution is 2.27. The lowest BCUT2D eigenvalue weighted by Crippen LogP contribution is -2.40. The molecule has 0 bridgehead atoms. The Bertz CT molecular complexity index is 1450. The quantitative estimate of drug-likeness (QED) is 0.457. The number of anilines is 1. The van der Waals surface area contributed by atoms with Crippen LogP contribution in [0.5, 0.6) is 0 Å². The summed E-state index contributed by atoms with van der Waals surface area (Å²) < 4.78 is 4.58. The van der Waals surface area contributed by atoms with Crippen molar-refractivity contribution >= 4 is 40.3 Å². The number of hydrogen-bond acceptors (Lipinski definition) is 4. The van der Waals surface area contributed by atoms with Gasteiger partial charge in [-0.2, -0.15) is 4.98 Å². The first-order valence-electron chi connectivity index (χ1n) is 10.4. The van der Waals surface area contributed by atoms with Gasteiger partial charge < -0.3 is 9.47 Å². The first kappa shape index (κ1) is 20.8. The summed E-state index contributed by atoms with van der Waals surface area (Å²) >= 11 is 12.6. The number of halogens is 2. The van der Waals surface area contributed by atoms with Crippen molar-refractivity contribution in [3.63, 3.8) is 0 Å². The molecule has 0 fully saturated rings. The maximum atomic E-state index is 13.5. The van der Waals surface area contributed by atoms with Crippen molar-refractivity contribution in [1.82, 2.24) is 18.7 Å². The number of hydrogen-bond donors (Lipinski definition) is 0. The van der Waals surface area contributed by atoms with Gasteiger partial charge in [-0.25, -0.2) is 4.79 Å².